The van der Waals surface area contributed by atoms with Crippen LogP contribution in [0.5, 0.6) is 0 Å². The highest BCUT2D eigenvalue weighted by molar-refractivity contribution is 6.30. The van der Waals surface area contributed by atoms with Crippen molar-refractivity contribution in [2.75, 3.05) is 19.6 Å². The molecule has 2 amide bonds. The molecule has 1 N–H and O–H groups in total. The molecular weight excluding hydrogens is 321 g/mol. The van der Waals surface area contributed by atoms with Gasteiger partial charge in [-0.1, -0.05) is 17.7 Å². The topological polar surface area (TPSA) is 52.7 Å². The van der Waals surface area contributed by atoms with Gasteiger partial charge in [-0.15, -0.1) is 0 Å². The molecule has 1 aromatic carbocycles. The molecule has 0 atom stereocenters. The molecule has 0 radical (unpaired) electrons. The lowest BCUT2D eigenvalue weighted by molar-refractivity contribution is -0.171. The maximum absolute atomic E-state index is 13.6. The Kier molecular flexibility index (Phi) is 4.06. The minimum atomic E-state index is -0.851. The van der Waals surface area contributed by atoms with Crippen molar-refractivity contribution in [1.29, 1.82) is 0 Å². The van der Waals surface area contributed by atoms with E-state index in [1.807, 2.05) is 13.8 Å². The molecule has 2 saturated heterocycles. The smallest absolute Gasteiger partial charge is 0.251 e. The Labute approximate surface area is 139 Å². The number of hydrogen-bond donors (Lipinski definition) is 1. The third kappa shape index (κ3) is 2.60. The van der Waals surface area contributed by atoms with Crippen molar-refractivity contribution < 1.29 is 14.0 Å². The Bertz CT molecular complexity index is 661. The average molecular weight is 340 g/mol. The van der Waals surface area contributed by atoms with Gasteiger partial charge in [0, 0.05) is 25.7 Å². The molecule has 2 aliphatic rings. The van der Waals surface area contributed by atoms with Gasteiger partial charge in [-0.05, 0) is 31.5 Å². The highest BCUT2D eigenvalue weighted by atomic mass is 35.5. The number of benzene rings is 1. The van der Waals surface area contributed by atoms with Crippen molar-refractivity contribution in [3.8, 4) is 0 Å². The molecule has 7 heteroatoms. The van der Waals surface area contributed by atoms with Gasteiger partial charge in [0.15, 0.2) is 0 Å². The summed E-state index contributed by atoms with van der Waals surface area (Å²) in [5.74, 6) is -0.681. The fourth-order valence-corrected chi connectivity index (χ4v) is 3.22. The first-order chi connectivity index (χ1) is 10.8. The lowest BCUT2D eigenvalue weighted by Gasteiger charge is -2.55. The maximum Gasteiger partial charge on any atom is 0.251 e. The van der Waals surface area contributed by atoms with Gasteiger partial charge >= 0.3 is 0 Å². The standard InChI is InChI=1S/C16H19ClFN3O2/c1-10(2)20-7-14(22)21(16(15(20)23)8-19-9-16)6-11-3-4-12(17)13(18)5-11/h3-5,10,19H,6-9H2,1-2H3. The first-order valence-corrected chi connectivity index (χ1v) is 7.99. The monoisotopic (exact) mass is 339 g/mol. The molecule has 2 fully saturated rings. The molecule has 0 aromatic heterocycles. The summed E-state index contributed by atoms with van der Waals surface area (Å²) in [5.41, 5.74) is -0.229. The second-order valence-electron chi connectivity index (χ2n) is 6.39. The Morgan fingerprint density at radius 1 is 1.35 bits per heavy atom. The number of carbonyl (C=O) groups is 2. The van der Waals surface area contributed by atoms with Crippen molar-refractivity contribution in [2.45, 2.75) is 32.0 Å². The quantitative estimate of drug-likeness (QED) is 0.905. The number of halogens is 2. The number of nitrogens with one attached hydrogen (secondary N) is 1. The summed E-state index contributed by atoms with van der Waals surface area (Å²) in [6.07, 6.45) is 0. The van der Waals surface area contributed by atoms with E-state index < -0.39 is 11.4 Å². The summed E-state index contributed by atoms with van der Waals surface area (Å²) in [5, 5.41) is 3.12. The van der Waals surface area contributed by atoms with E-state index in [4.69, 9.17) is 11.6 Å². The van der Waals surface area contributed by atoms with E-state index in [1.54, 1.807) is 15.9 Å². The van der Waals surface area contributed by atoms with Gasteiger partial charge < -0.3 is 15.1 Å². The number of amides is 2. The Morgan fingerprint density at radius 2 is 2.04 bits per heavy atom. The van der Waals surface area contributed by atoms with Crippen LogP contribution < -0.4 is 5.32 Å². The molecule has 1 spiro atoms. The summed E-state index contributed by atoms with van der Waals surface area (Å²) < 4.78 is 13.6. The van der Waals surface area contributed by atoms with Crippen LogP contribution in [0.25, 0.3) is 0 Å². The fraction of sp³-hybridized carbons (Fsp3) is 0.500. The maximum atomic E-state index is 13.6. The first kappa shape index (κ1) is 16.2. The van der Waals surface area contributed by atoms with E-state index in [0.717, 1.165) is 0 Å². The van der Waals surface area contributed by atoms with Crippen molar-refractivity contribution >= 4 is 23.4 Å². The number of piperazine rings is 1. The van der Waals surface area contributed by atoms with E-state index in [9.17, 15) is 14.0 Å². The normalized spacial score (nSPS) is 20.4. The fourth-order valence-electron chi connectivity index (χ4n) is 3.11. The van der Waals surface area contributed by atoms with Crippen LogP contribution in [-0.2, 0) is 16.1 Å². The Balaban J connectivity index is 1.90. The van der Waals surface area contributed by atoms with Crippen LogP contribution in [0.15, 0.2) is 18.2 Å². The molecule has 1 aromatic rings. The zero-order valence-corrected chi connectivity index (χ0v) is 13.9. The lowest BCUT2D eigenvalue weighted by atomic mass is 9.85. The molecule has 23 heavy (non-hydrogen) atoms. The summed E-state index contributed by atoms with van der Waals surface area (Å²) in [7, 11) is 0. The predicted molar refractivity (Wildman–Crippen MR) is 84.4 cm³/mol. The van der Waals surface area contributed by atoms with E-state index in [1.165, 1.54) is 12.1 Å². The number of nitrogens with zero attached hydrogens (tertiary/aromatic N) is 2. The van der Waals surface area contributed by atoms with Gasteiger partial charge in [0.2, 0.25) is 5.91 Å². The van der Waals surface area contributed by atoms with Gasteiger partial charge in [-0.3, -0.25) is 9.59 Å². The van der Waals surface area contributed by atoms with Crippen LogP contribution in [0.4, 0.5) is 4.39 Å². The molecule has 0 saturated carbocycles. The molecule has 0 unspecified atom stereocenters. The van der Waals surface area contributed by atoms with Crippen LogP contribution in [-0.4, -0.2) is 52.8 Å². The van der Waals surface area contributed by atoms with E-state index in [0.29, 0.717) is 18.7 Å². The lowest BCUT2D eigenvalue weighted by Crippen LogP contribution is -2.80. The molecular formula is C16H19ClFN3O2. The summed E-state index contributed by atoms with van der Waals surface area (Å²) >= 11 is 5.70. The van der Waals surface area contributed by atoms with Gasteiger partial charge in [0.1, 0.15) is 17.9 Å². The molecule has 2 heterocycles. The third-order valence-electron chi connectivity index (χ3n) is 4.57. The average Bonchev–Trinajstić information content (AvgIpc) is 2.44. The zero-order valence-electron chi connectivity index (χ0n) is 13.1. The minimum Gasteiger partial charge on any atom is -0.329 e. The minimum absolute atomic E-state index is 0.0287. The van der Waals surface area contributed by atoms with E-state index >= 15 is 0 Å². The molecule has 0 aliphatic carbocycles. The Morgan fingerprint density at radius 3 is 2.57 bits per heavy atom. The van der Waals surface area contributed by atoms with Gasteiger partial charge in [0.25, 0.3) is 5.91 Å². The van der Waals surface area contributed by atoms with Crippen molar-refractivity contribution in [1.82, 2.24) is 15.1 Å². The predicted octanol–water partition coefficient (Wildman–Crippen LogP) is 1.40. The molecule has 5 nitrogen and oxygen atoms in total. The van der Waals surface area contributed by atoms with Crippen LogP contribution in [0.2, 0.25) is 5.02 Å². The highest BCUT2D eigenvalue weighted by Gasteiger charge is 2.56. The van der Waals surface area contributed by atoms with E-state index in [-0.39, 0.29) is 36.0 Å². The number of rotatable bonds is 3. The summed E-state index contributed by atoms with van der Waals surface area (Å²) in [4.78, 5) is 28.6. The van der Waals surface area contributed by atoms with Crippen LogP contribution in [0.1, 0.15) is 19.4 Å². The van der Waals surface area contributed by atoms with Crippen molar-refractivity contribution in [3.05, 3.63) is 34.6 Å². The van der Waals surface area contributed by atoms with Crippen LogP contribution in [0.3, 0.4) is 0 Å². The van der Waals surface area contributed by atoms with Crippen LogP contribution in [0, 0.1) is 5.82 Å². The summed E-state index contributed by atoms with van der Waals surface area (Å²) in [6.45, 7) is 4.92. The van der Waals surface area contributed by atoms with Crippen molar-refractivity contribution in [3.63, 3.8) is 0 Å². The Hall–Kier alpha value is -1.66. The molecule has 0 bridgehead atoms. The second-order valence-corrected chi connectivity index (χ2v) is 6.80. The number of carbonyl (C=O) groups excluding carboxylic acids is 2. The summed E-state index contributed by atoms with van der Waals surface area (Å²) in [6, 6.07) is 4.43. The van der Waals surface area contributed by atoms with E-state index in [2.05, 4.69) is 5.32 Å². The van der Waals surface area contributed by atoms with Gasteiger partial charge in [-0.2, -0.15) is 0 Å². The van der Waals surface area contributed by atoms with Gasteiger partial charge in [-0.25, -0.2) is 4.39 Å². The van der Waals surface area contributed by atoms with Crippen molar-refractivity contribution in [2.24, 2.45) is 0 Å². The first-order valence-electron chi connectivity index (χ1n) is 7.61. The SMILES string of the molecule is CC(C)N1CC(=O)N(Cc2ccc(Cl)c(F)c2)C2(CNC2)C1=O. The molecule has 3 rings (SSSR count). The highest BCUT2D eigenvalue weighted by Crippen LogP contribution is 2.31. The second kappa shape index (κ2) is 5.76. The zero-order chi connectivity index (χ0) is 16.8. The third-order valence-corrected chi connectivity index (χ3v) is 4.87. The van der Waals surface area contributed by atoms with Gasteiger partial charge in [0.05, 0.1) is 5.02 Å². The molecule has 2 aliphatic heterocycles. The van der Waals surface area contributed by atoms with Crippen LogP contribution >= 0.6 is 11.6 Å². The molecule has 124 valence electrons. The number of hydrogen-bond acceptors (Lipinski definition) is 3. The largest absolute Gasteiger partial charge is 0.329 e.